The molecule has 26 heavy (non-hydrogen) atoms. The fraction of sp³-hybridized carbons (Fsp3) is 0.150. The van der Waals surface area contributed by atoms with Gasteiger partial charge >= 0.3 is 0 Å². The standard InChI is InChI=1S/C20H19ClN2O2S/c21-20-12-5-4-8-17(20)16-23(15-13-18-9-6-7-14-22-18)26(24,25)19-10-2-1-3-11-19/h1-12,14H,13,15-16H2. The minimum Gasteiger partial charge on any atom is -0.261 e. The number of aromatic nitrogens is 1. The lowest BCUT2D eigenvalue weighted by atomic mass is 10.2. The molecule has 0 atom stereocenters. The highest BCUT2D eigenvalue weighted by Crippen LogP contribution is 2.22. The third-order valence-corrected chi connectivity index (χ3v) is 6.26. The Morgan fingerprint density at radius 2 is 1.58 bits per heavy atom. The summed E-state index contributed by atoms with van der Waals surface area (Å²) in [6.45, 7) is 0.531. The van der Waals surface area contributed by atoms with Gasteiger partial charge in [0.05, 0.1) is 4.90 Å². The zero-order valence-corrected chi connectivity index (χ0v) is 15.7. The molecule has 0 N–H and O–H groups in total. The van der Waals surface area contributed by atoms with Crippen molar-refractivity contribution in [3.8, 4) is 0 Å². The summed E-state index contributed by atoms with van der Waals surface area (Å²) in [6.07, 6.45) is 2.23. The molecule has 0 bridgehead atoms. The van der Waals surface area contributed by atoms with E-state index in [1.54, 1.807) is 42.6 Å². The van der Waals surface area contributed by atoms with Gasteiger partial charge in [0.2, 0.25) is 10.0 Å². The van der Waals surface area contributed by atoms with Crippen LogP contribution >= 0.6 is 11.6 Å². The van der Waals surface area contributed by atoms with E-state index in [0.29, 0.717) is 18.0 Å². The molecule has 0 fully saturated rings. The van der Waals surface area contributed by atoms with Gasteiger partial charge in [0, 0.05) is 36.4 Å². The molecule has 0 spiro atoms. The minimum absolute atomic E-state index is 0.212. The zero-order valence-electron chi connectivity index (χ0n) is 14.1. The van der Waals surface area contributed by atoms with Crippen molar-refractivity contribution in [3.63, 3.8) is 0 Å². The number of sulfonamides is 1. The first-order valence-corrected chi connectivity index (χ1v) is 10.1. The zero-order chi connectivity index (χ0) is 18.4. The maximum atomic E-state index is 13.1. The van der Waals surface area contributed by atoms with E-state index in [1.165, 1.54) is 4.31 Å². The van der Waals surface area contributed by atoms with E-state index >= 15 is 0 Å². The van der Waals surface area contributed by atoms with Gasteiger partial charge in [-0.2, -0.15) is 4.31 Å². The Labute approximate surface area is 159 Å². The summed E-state index contributed by atoms with van der Waals surface area (Å²) in [7, 11) is -3.64. The highest BCUT2D eigenvalue weighted by atomic mass is 35.5. The molecule has 0 radical (unpaired) electrons. The van der Waals surface area contributed by atoms with Gasteiger partial charge in [0.15, 0.2) is 0 Å². The largest absolute Gasteiger partial charge is 0.261 e. The van der Waals surface area contributed by atoms with Crippen molar-refractivity contribution in [2.24, 2.45) is 0 Å². The fourth-order valence-electron chi connectivity index (χ4n) is 2.63. The maximum Gasteiger partial charge on any atom is 0.243 e. The van der Waals surface area contributed by atoms with Crippen molar-refractivity contribution < 1.29 is 8.42 Å². The lowest BCUT2D eigenvalue weighted by molar-refractivity contribution is 0.408. The van der Waals surface area contributed by atoms with Crippen LogP contribution in [0.15, 0.2) is 83.9 Å². The molecule has 134 valence electrons. The maximum absolute atomic E-state index is 13.1. The second-order valence-corrected chi connectivity index (χ2v) is 8.16. The van der Waals surface area contributed by atoms with Gasteiger partial charge in [-0.05, 0) is 35.9 Å². The third kappa shape index (κ3) is 4.49. The number of pyridine rings is 1. The molecule has 0 saturated heterocycles. The Hall–Kier alpha value is -2.21. The Kier molecular flexibility index (Phi) is 6.04. The number of halogens is 1. The van der Waals surface area contributed by atoms with Crippen molar-refractivity contribution in [3.05, 3.63) is 95.3 Å². The number of nitrogens with zero attached hydrogens (tertiary/aromatic N) is 2. The van der Waals surface area contributed by atoms with Gasteiger partial charge in [-0.1, -0.05) is 54.1 Å². The third-order valence-electron chi connectivity index (χ3n) is 4.03. The smallest absolute Gasteiger partial charge is 0.243 e. The molecule has 0 aliphatic heterocycles. The van der Waals surface area contributed by atoms with Crippen molar-refractivity contribution in [1.82, 2.24) is 9.29 Å². The average Bonchev–Trinajstić information content (AvgIpc) is 2.68. The number of hydrogen-bond donors (Lipinski definition) is 0. The van der Waals surface area contributed by atoms with Crippen LogP contribution in [0.1, 0.15) is 11.3 Å². The summed E-state index contributed by atoms with van der Waals surface area (Å²) < 4.78 is 27.7. The molecule has 3 rings (SSSR count). The highest BCUT2D eigenvalue weighted by Gasteiger charge is 2.25. The quantitative estimate of drug-likeness (QED) is 0.612. The van der Waals surface area contributed by atoms with Crippen molar-refractivity contribution in [2.45, 2.75) is 17.9 Å². The van der Waals surface area contributed by atoms with Crippen LogP contribution in [0.5, 0.6) is 0 Å². The molecule has 2 aromatic carbocycles. The average molecular weight is 387 g/mol. The first-order chi connectivity index (χ1) is 12.6. The molecule has 0 unspecified atom stereocenters. The van der Waals surface area contributed by atoms with Gasteiger partial charge in [-0.3, -0.25) is 4.98 Å². The second kappa shape index (κ2) is 8.45. The SMILES string of the molecule is O=S(=O)(c1ccccc1)N(CCc1ccccn1)Cc1ccccc1Cl. The normalized spacial score (nSPS) is 11.6. The van der Waals surface area contributed by atoms with Crippen LogP contribution < -0.4 is 0 Å². The van der Waals surface area contributed by atoms with Gasteiger partial charge in [-0.15, -0.1) is 0 Å². The highest BCUT2D eigenvalue weighted by molar-refractivity contribution is 7.89. The van der Waals surface area contributed by atoms with Gasteiger partial charge in [0.25, 0.3) is 0 Å². The lowest BCUT2D eigenvalue weighted by Crippen LogP contribution is -2.32. The van der Waals surface area contributed by atoms with Crippen LogP contribution in [0.2, 0.25) is 5.02 Å². The summed E-state index contributed by atoms with van der Waals surface area (Å²) in [5.74, 6) is 0. The van der Waals surface area contributed by atoms with E-state index in [9.17, 15) is 8.42 Å². The van der Waals surface area contributed by atoms with Crippen LogP contribution in [0.3, 0.4) is 0 Å². The molecule has 6 heteroatoms. The van der Waals surface area contributed by atoms with Crippen molar-refractivity contribution >= 4 is 21.6 Å². The molecular weight excluding hydrogens is 368 g/mol. The fourth-order valence-corrected chi connectivity index (χ4v) is 4.26. The number of rotatable bonds is 7. The van der Waals surface area contributed by atoms with Crippen LogP contribution in [-0.2, 0) is 23.0 Å². The molecule has 1 heterocycles. The van der Waals surface area contributed by atoms with Gasteiger partial charge in [0.1, 0.15) is 0 Å². The molecule has 3 aromatic rings. The van der Waals surface area contributed by atoms with E-state index in [0.717, 1.165) is 11.3 Å². The molecule has 0 saturated carbocycles. The Bertz CT molecular complexity index is 948. The number of benzene rings is 2. The van der Waals surface area contributed by atoms with Gasteiger partial charge in [-0.25, -0.2) is 8.42 Å². The molecule has 1 aromatic heterocycles. The first kappa shape index (κ1) is 18.6. The van der Waals surface area contributed by atoms with E-state index in [2.05, 4.69) is 4.98 Å². The lowest BCUT2D eigenvalue weighted by Gasteiger charge is -2.23. The van der Waals surface area contributed by atoms with Crippen molar-refractivity contribution in [1.29, 1.82) is 0 Å². The first-order valence-electron chi connectivity index (χ1n) is 8.26. The molecule has 0 aliphatic rings. The second-order valence-electron chi connectivity index (χ2n) is 5.81. The number of hydrogen-bond acceptors (Lipinski definition) is 3. The van der Waals surface area contributed by atoms with Crippen LogP contribution in [0.4, 0.5) is 0 Å². The Morgan fingerprint density at radius 3 is 2.27 bits per heavy atom. The van der Waals surface area contributed by atoms with Crippen LogP contribution in [0.25, 0.3) is 0 Å². The summed E-state index contributed by atoms with van der Waals surface area (Å²) in [6, 6.07) is 21.4. The monoisotopic (exact) mass is 386 g/mol. The van der Waals surface area contributed by atoms with E-state index in [4.69, 9.17) is 11.6 Å². The van der Waals surface area contributed by atoms with E-state index < -0.39 is 10.0 Å². The molecule has 0 aliphatic carbocycles. The summed E-state index contributed by atoms with van der Waals surface area (Å²) in [5, 5.41) is 0.554. The summed E-state index contributed by atoms with van der Waals surface area (Å²) >= 11 is 6.25. The molecule has 0 amide bonds. The van der Waals surface area contributed by atoms with Crippen LogP contribution in [0, 0.1) is 0 Å². The molecule has 4 nitrogen and oxygen atoms in total. The summed E-state index contributed by atoms with van der Waals surface area (Å²) in [5.41, 5.74) is 1.62. The van der Waals surface area contributed by atoms with Crippen molar-refractivity contribution in [2.75, 3.05) is 6.54 Å². The van der Waals surface area contributed by atoms with E-state index in [1.807, 2.05) is 36.4 Å². The predicted octanol–water partition coefficient (Wildman–Crippen LogP) is 4.17. The topological polar surface area (TPSA) is 50.3 Å². The molecular formula is C20H19ClN2O2S. The van der Waals surface area contributed by atoms with Gasteiger partial charge < -0.3 is 0 Å². The minimum atomic E-state index is -3.64. The predicted molar refractivity (Wildman–Crippen MR) is 103 cm³/mol. The Balaban J connectivity index is 1.89. The summed E-state index contributed by atoms with van der Waals surface area (Å²) in [4.78, 5) is 4.55. The van der Waals surface area contributed by atoms with Crippen LogP contribution in [-0.4, -0.2) is 24.3 Å². The van der Waals surface area contributed by atoms with E-state index in [-0.39, 0.29) is 11.4 Å². The Morgan fingerprint density at radius 1 is 0.885 bits per heavy atom.